The van der Waals surface area contributed by atoms with Gasteiger partial charge in [0.25, 0.3) is 5.56 Å². The second-order valence-corrected chi connectivity index (χ2v) is 12.4. The van der Waals surface area contributed by atoms with E-state index in [1.54, 1.807) is 34.6 Å². The highest BCUT2D eigenvalue weighted by molar-refractivity contribution is 7.91. The van der Waals surface area contributed by atoms with Crippen molar-refractivity contribution >= 4 is 39.7 Å². The molecule has 1 atom stereocenters. The number of ether oxygens (including phenoxy) is 1. The van der Waals surface area contributed by atoms with Gasteiger partial charge in [0.2, 0.25) is 16.4 Å². The number of nitrogens with one attached hydrogen (secondary N) is 3. The van der Waals surface area contributed by atoms with Crippen LogP contribution in [0, 0.1) is 6.92 Å². The molecular formula is C28H32F3N5O6S. The summed E-state index contributed by atoms with van der Waals surface area (Å²) in [5.74, 6) is -0.788. The molecule has 0 spiro atoms. The number of benzene rings is 1. The standard InChI is InChI=1S/C28H32F3N5O6S/c1-16-7-12-22(35-43(40,41)14-19-8-10-20(11-9-19)28(29,30)31)25(38)36(16)23-21(13-32-15-37)17(2)18(3)33-24(23)34-26(39)42-27(4,5)6/h7-12,15,18,35H,2,13-14H2,1,3-6H3,(H,32,37)(H,33,34,39). The summed E-state index contributed by atoms with van der Waals surface area (Å²) in [5, 5.41) is 5.06. The molecule has 3 rings (SSSR count). The van der Waals surface area contributed by atoms with E-state index < -0.39 is 50.8 Å². The Morgan fingerprint density at radius 2 is 1.77 bits per heavy atom. The molecule has 3 N–H and O–H groups in total. The zero-order valence-corrected chi connectivity index (χ0v) is 24.9. The number of aryl methyl sites for hydroxylation is 1. The van der Waals surface area contributed by atoms with Crippen LogP contribution in [0.25, 0.3) is 5.70 Å². The fourth-order valence-corrected chi connectivity index (χ4v) is 5.35. The predicted octanol–water partition coefficient (Wildman–Crippen LogP) is 3.96. The lowest BCUT2D eigenvalue weighted by molar-refractivity contribution is -0.137. The van der Waals surface area contributed by atoms with Gasteiger partial charge in [0.05, 0.1) is 23.1 Å². The molecule has 43 heavy (non-hydrogen) atoms. The lowest BCUT2D eigenvalue weighted by Gasteiger charge is -2.29. The van der Waals surface area contributed by atoms with Gasteiger partial charge in [0.15, 0.2) is 5.84 Å². The highest BCUT2D eigenvalue weighted by Gasteiger charge is 2.32. The molecule has 11 nitrogen and oxygen atoms in total. The van der Waals surface area contributed by atoms with Gasteiger partial charge in [-0.05, 0) is 70.0 Å². The van der Waals surface area contributed by atoms with Crippen molar-refractivity contribution in [1.29, 1.82) is 0 Å². The second kappa shape index (κ2) is 12.5. The molecule has 0 saturated carbocycles. The van der Waals surface area contributed by atoms with Crippen LogP contribution in [0.5, 0.6) is 0 Å². The van der Waals surface area contributed by atoms with Crippen LogP contribution in [-0.4, -0.2) is 49.5 Å². The van der Waals surface area contributed by atoms with Crippen LogP contribution in [0.3, 0.4) is 0 Å². The molecule has 1 unspecified atom stereocenters. The summed E-state index contributed by atoms with van der Waals surface area (Å²) >= 11 is 0. The molecule has 1 aromatic carbocycles. The number of alkyl halides is 3. The van der Waals surface area contributed by atoms with E-state index in [-0.39, 0.29) is 29.3 Å². The van der Waals surface area contributed by atoms with E-state index in [1.165, 1.54) is 12.1 Å². The average molecular weight is 624 g/mol. The monoisotopic (exact) mass is 623 g/mol. The smallest absolute Gasteiger partial charge is 0.416 e. The van der Waals surface area contributed by atoms with E-state index in [2.05, 4.69) is 26.9 Å². The topological polar surface area (TPSA) is 148 Å². The Bertz CT molecular complexity index is 1650. The molecule has 0 saturated heterocycles. The third-order valence-corrected chi connectivity index (χ3v) is 7.36. The molecular weight excluding hydrogens is 591 g/mol. The van der Waals surface area contributed by atoms with Crippen LogP contribution in [0.4, 0.5) is 23.7 Å². The second-order valence-electron chi connectivity index (χ2n) is 10.7. The number of pyridine rings is 1. The van der Waals surface area contributed by atoms with Crippen LogP contribution in [0.15, 0.2) is 63.9 Å². The minimum absolute atomic E-state index is 0.0367. The van der Waals surface area contributed by atoms with E-state index in [1.807, 2.05) is 0 Å². The van der Waals surface area contributed by atoms with Crippen molar-refractivity contribution in [2.75, 3.05) is 11.3 Å². The van der Waals surface area contributed by atoms with Crippen molar-refractivity contribution in [1.82, 2.24) is 15.2 Å². The van der Waals surface area contributed by atoms with Gasteiger partial charge in [-0.15, -0.1) is 0 Å². The number of nitrogens with zero attached hydrogens (tertiary/aromatic N) is 2. The SMILES string of the molecule is C=C1C(CNC=O)=C(n2c(C)ccc(NS(=O)(=O)Cc3ccc(C(F)(F)F)cc3)c2=O)C(NC(=O)OC(C)(C)C)=NC1C. The summed E-state index contributed by atoms with van der Waals surface area (Å²) in [4.78, 5) is 42.2. The number of aliphatic imine (C=N–C) groups is 1. The van der Waals surface area contributed by atoms with Gasteiger partial charge in [0.1, 0.15) is 11.3 Å². The number of alkyl carbamates (subject to hydrolysis) is 1. The molecule has 2 heterocycles. The van der Waals surface area contributed by atoms with Crippen LogP contribution in [-0.2, 0) is 31.5 Å². The maximum Gasteiger partial charge on any atom is 0.416 e. The van der Waals surface area contributed by atoms with Gasteiger partial charge in [-0.25, -0.2) is 13.2 Å². The minimum atomic E-state index is -4.58. The molecule has 15 heteroatoms. The number of anilines is 1. The number of amidine groups is 1. The molecule has 2 amide bonds. The Balaban J connectivity index is 2.08. The molecule has 0 bridgehead atoms. The van der Waals surface area contributed by atoms with E-state index >= 15 is 0 Å². The number of halogens is 3. The zero-order valence-electron chi connectivity index (χ0n) is 24.1. The van der Waals surface area contributed by atoms with Crippen LogP contribution in [0.2, 0.25) is 0 Å². The third-order valence-electron chi connectivity index (χ3n) is 6.11. The van der Waals surface area contributed by atoms with Gasteiger partial charge in [-0.2, -0.15) is 13.2 Å². The van der Waals surface area contributed by atoms with Gasteiger partial charge in [0, 0.05) is 17.8 Å². The van der Waals surface area contributed by atoms with E-state index in [9.17, 15) is 36.0 Å². The van der Waals surface area contributed by atoms with Crippen molar-refractivity contribution in [3.05, 3.63) is 81.3 Å². The number of amides is 2. The summed E-state index contributed by atoms with van der Waals surface area (Å²) in [6.07, 6.45) is -5.01. The Morgan fingerprint density at radius 3 is 2.33 bits per heavy atom. The highest BCUT2D eigenvalue weighted by atomic mass is 32.2. The molecule has 1 aromatic heterocycles. The molecule has 0 fully saturated rings. The highest BCUT2D eigenvalue weighted by Crippen LogP contribution is 2.30. The molecule has 1 aliphatic rings. The predicted molar refractivity (Wildman–Crippen MR) is 156 cm³/mol. The largest absolute Gasteiger partial charge is 0.444 e. The van der Waals surface area contributed by atoms with Crippen LogP contribution >= 0.6 is 0 Å². The molecule has 0 radical (unpaired) electrons. The van der Waals surface area contributed by atoms with Crippen molar-refractivity contribution in [3.8, 4) is 0 Å². The maximum absolute atomic E-state index is 13.8. The van der Waals surface area contributed by atoms with E-state index in [4.69, 9.17) is 4.74 Å². The number of aromatic nitrogens is 1. The number of rotatable bonds is 8. The first-order valence-corrected chi connectivity index (χ1v) is 14.6. The van der Waals surface area contributed by atoms with E-state index in [0.29, 0.717) is 23.3 Å². The van der Waals surface area contributed by atoms with Gasteiger partial charge < -0.3 is 10.1 Å². The first kappa shape index (κ1) is 33.1. The Labute approximate surface area is 246 Å². The fraction of sp³-hybridized carbons (Fsp3) is 0.357. The average Bonchev–Trinajstić information content (AvgIpc) is 2.86. The van der Waals surface area contributed by atoms with Gasteiger partial charge >= 0.3 is 12.3 Å². The van der Waals surface area contributed by atoms with E-state index in [0.717, 1.165) is 28.8 Å². The Hall–Kier alpha value is -4.40. The third kappa shape index (κ3) is 8.34. The van der Waals surface area contributed by atoms with Crippen molar-refractivity contribution in [2.24, 2.45) is 4.99 Å². The van der Waals surface area contributed by atoms with Gasteiger partial charge in [-0.3, -0.25) is 29.2 Å². The maximum atomic E-state index is 13.8. The Kier molecular flexibility index (Phi) is 9.59. The van der Waals surface area contributed by atoms with Crippen LogP contribution in [0.1, 0.15) is 44.5 Å². The van der Waals surface area contributed by atoms with Crippen molar-refractivity contribution in [2.45, 2.75) is 58.2 Å². The summed E-state index contributed by atoms with van der Waals surface area (Å²) in [5.41, 5.74) is -1.84. The number of carbonyl (C=O) groups is 2. The first-order chi connectivity index (χ1) is 19.8. The quantitative estimate of drug-likeness (QED) is 0.380. The normalized spacial score (nSPS) is 16.0. The molecule has 232 valence electrons. The summed E-state index contributed by atoms with van der Waals surface area (Å²) in [7, 11) is -4.28. The number of hydrogen-bond acceptors (Lipinski definition) is 7. The summed E-state index contributed by atoms with van der Waals surface area (Å²) < 4.78 is 73.3. The number of sulfonamides is 1. The Morgan fingerprint density at radius 1 is 1.14 bits per heavy atom. The zero-order chi connectivity index (χ0) is 32.3. The molecule has 1 aliphatic heterocycles. The lowest BCUT2D eigenvalue weighted by Crippen LogP contribution is -2.43. The van der Waals surface area contributed by atoms with Crippen LogP contribution < -0.4 is 20.9 Å². The summed E-state index contributed by atoms with van der Waals surface area (Å²) in [6.45, 7) is 12.1. The first-order valence-electron chi connectivity index (χ1n) is 12.9. The van der Waals surface area contributed by atoms with Crippen molar-refractivity contribution in [3.63, 3.8) is 0 Å². The number of hydrogen-bond donors (Lipinski definition) is 3. The lowest BCUT2D eigenvalue weighted by atomic mass is 9.95. The van der Waals surface area contributed by atoms with Crippen molar-refractivity contribution < 1.29 is 35.9 Å². The number of carbonyl (C=O) groups excluding carboxylic acids is 2. The molecule has 0 aliphatic carbocycles. The minimum Gasteiger partial charge on any atom is -0.444 e. The number of dihydropyridines is 1. The van der Waals surface area contributed by atoms with Gasteiger partial charge in [-0.1, -0.05) is 18.7 Å². The fourth-order valence-electron chi connectivity index (χ4n) is 4.15. The summed E-state index contributed by atoms with van der Waals surface area (Å²) in [6, 6.07) is 5.71. The molecule has 2 aromatic rings.